The van der Waals surface area contributed by atoms with Gasteiger partial charge in [-0.1, -0.05) is 38.0 Å². The Hall–Kier alpha value is -0.910. The van der Waals surface area contributed by atoms with Gasteiger partial charge in [-0.15, -0.1) is 0 Å². The van der Waals surface area contributed by atoms with Gasteiger partial charge in [-0.05, 0) is 18.1 Å². The molecule has 17 heavy (non-hydrogen) atoms. The summed E-state index contributed by atoms with van der Waals surface area (Å²) in [6.07, 6.45) is 2.89. The highest BCUT2D eigenvalue weighted by Crippen LogP contribution is 2.15. The molecule has 0 saturated heterocycles. The van der Waals surface area contributed by atoms with Gasteiger partial charge < -0.3 is 5.11 Å². The van der Waals surface area contributed by atoms with Gasteiger partial charge in [0.15, 0.2) is 0 Å². The number of rotatable bonds is 7. The quantitative estimate of drug-likeness (QED) is 0.730. The zero-order valence-electron chi connectivity index (χ0n) is 10.0. The molecule has 0 aliphatic carbocycles. The Bertz CT molecular complexity index is 443. The second kappa shape index (κ2) is 6.74. The van der Waals surface area contributed by atoms with Gasteiger partial charge in [-0.25, -0.2) is 13.1 Å². The van der Waals surface area contributed by atoms with Crippen LogP contribution >= 0.6 is 0 Å². The number of unbranched alkanes of at least 4 members (excludes halogenated alkanes) is 2. The van der Waals surface area contributed by atoms with E-state index >= 15 is 0 Å². The predicted molar refractivity (Wildman–Crippen MR) is 67.1 cm³/mol. The molecule has 0 radical (unpaired) electrons. The number of nitrogens with one attached hydrogen (secondary N) is 1. The number of hydrogen-bond donors (Lipinski definition) is 2. The standard InChI is InChI=1S/C12H19NO3S/c1-2-3-6-9-13-17(15,16)12-8-5-4-7-11(12)10-14/h4-5,7-8,13-14H,2-3,6,9-10H2,1H3. The first kappa shape index (κ1) is 14.2. The van der Waals surface area contributed by atoms with Crippen LogP contribution in [0.15, 0.2) is 29.2 Å². The Balaban J connectivity index is 2.75. The Morgan fingerprint density at radius 2 is 1.94 bits per heavy atom. The van der Waals surface area contributed by atoms with Crippen LogP contribution in [-0.2, 0) is 16.6 Å². The monoisotopic (exact) mass is 257 g/mol. The summed E-state index contributed by atoms with van der Waals surface area (Å²) in [5, 5.41) is 9.10. The molecule has 0 fully saturated rings. The maximum absolute atomic E-state index is 12.0. The lowest BCUT2D eigenvalue weighted by molar-refractivity contribution is 0.278. The van der Waals surface area contributed by atoms with Crippen molar-refractivity contribution in [1.29, 1.82) is 0 Å². The van der Waals surface area contributed by atoms with E-state index in [-0.39, 0.29) is 11.5 Å². The first-order valence-corrected chi connectivity index (χ1v) is 7.28. The van der Waals surface area contributed by atoms with E-state index in [0.717, 1.165) is 19.3 Å². The van der Waals surface area contributed by atoms with Crippen LogP contribution in [0.2, 0.25) is 0 Å². The molecule has 0 aliphatic rings. The maximum atomic E-state index is 12.0. The van der Waals surface area contributed by atoms with Crippen molar-refractivity contribution in [2.45, 2.75) is 37.7 Å². The van der Waals surface area contributed by atoms with Crippen molar-refractivity contribution in [3.8, 4) is 0 Å². The minimum atomic E-state index is -3.49. The van der Waals surface area contributed by atoms with Crippen LogP contribution in [0.4, 0.5) is 0 Å². The number of aliphatic hydroxyl groups is 1. The third kappa shape index (κ3) is 4.11. The molecule has 96 valence electrons. The number of aliphatic hydroxyl groups excluding tert-OH is 1. The molecule has 0 heterocycles. The molecule has 0 aromatic heterocycles. The van der Waals surface area contributed by atoms with Crippen molar-refractivity contribution in [2.75, 3.05) is 6.54 Å². The molecule has 0 atom stereocenters. The molecule has 1 aromatic rings. The summed E-state index contributed by atoms with van der Waals surface area (Å²) >= 11 is 0. The predicted octanol–water partition coefficient (Wildman–Crippen LogP) is 1.65. The van der Waals surface area contributed by atoms with E-state index in [9.17, 15) is 8.42 Å². The highest BCUT2D eigenvalue weighted by atomic mass is 32.2. The summed E-state index contributed by atoms with van der Waals surface area (Å²) in [6, 6.07) is 6.48. The van der Waals surface area contributed by atoms with E-state index in [1.807, 2.05) is 0 Å². The fourth-order valence-electron chi connectivity index (χ4n) is 1.56. The van der Waals surface area contributed by atoms with Gasteiger partial charge in [0.1, 0.15) is 0 Å². The van der Waals surface area contributed by atoms with Crippen LogP contribution in [0.5, 0.6) is 0 Å². The summed E-state index contributed by atoms with van der Waals surface area (Å²) < 4.78 is 26.5. The highest BCUT2D eigenvalue weighted by molar-refractivity contribution is 7.89. The summed E-state index contributed by atoms with van der Waals surface area (Å²) in [4.78, 5) is 0.166. The van der Waals surface area contributed by atoms with Crippen molar-refractivity contribution < 1.29 is 13.5 Å². The van der Waals surface area contributed by atoms with Gasteiger partial charge in [0.2, 0.25) is 10.0 Å². The molecule has 0 saturated carbocycles. The van der Waals surface area contributed by atoms with Crippen molar-refractivity contribution in [2.24, 2.45) is 0 Å². The van der Waals surface area contributed by atoms with E-state index in [0.29, 0.717) is 12.1 Å². The molecule has 0 aliphatic heterocycles. The Kier molecular flexibility index (Phi) is 5.61. The lowest BCUT2D eigenvalue weighted by atomic mass is 10.2. The largest absolute Gasteiger partial charge is 0.392 e. The van der Waals surface area contributed by atoms with E-state index in [1.165, 1.54) is 6.07 Å². The average Bonchev–Trinajstić information content (AvgIpc) is 2.34. The zero-order chi connectivity index (χ0) is 12.7. The molecule has 0 bridgehead atoms. The second-order valence-electron chi connectivity index (χ2n) is 3.87. The van der Waals surface area contributed by atoms with E-state index in [2.05, 4.69) is 11.6 Å². The lowest BCUT2D eigenvalue weighted by Gasteiger charge is -2.09. The van der Waals surface area contributed by atoms with Crippen molar-refractivity contribution in [1.82, 2.24) is 4.72 Å². The molecular weight excluding hydrogens is 238 g/mol. The molecular formula is C12H19NO3S. The number of sulfonamides is 1. The minimum Gasteiger partial charge on any atom is -0.392 e. The first-order valence-electron chi connectivity index (χ1n) is 5.80. The second-order valence-corrected chi connectivity index (χ2v) is 5.61. The molecule has 0 amide bonds. The molecule has 1 rings (SSSR count). The first-order chi connectivity index (χ1) is 8.11. The van der Waals surface area contributed by atoms with Gasteiger partial charge in [0, 0.05) is 6.54 Å². The van der Waals surface area contributed by atoms with Crippen molar-refractivity contribution >= 4 is 10.0 Å². The molecule has 5 heteroatoms. The number of hydrogen-bond acceptors (Lipinski definition) is 3. The van der Waals surface area contributed by atoms with Gasteiger partial charge in [-0.3, -0.25) is 0 Å². The summed E-state index contributed by atoms with van der Waals surface area (Å²) in [5.41, 5.74) is 0.426. The smallest absolute Gasteiger partial charge is 0.240 e. The van der Waals surface area contributed by atoms with Gasteiger partial charge >= 0.3 is 0 Å². The van der Waals surface area contributed by atoms with Gasteiger partial charge in [0.25, 0.3) is 0 Å². The van der Waals surface area contributed by atoms with Crippen molar-refractivity contribution in [3.63, 3.8) is 0 Å². The average molecular weight is 257 g/mol. The normalized spacial score (nSPS) is 11.6. The Morgan fingerprint density at radius 3 is 2.59 bits per heavy atom. The van der Waals surface area contributed by atoms with Crippen molar-refractivity contribution in [3.05, 3.63) is 29.8 Å². The zero-order valence-corrected chi connectivity index (χ0v) is 10.8. The molecule has 2 N–H and O–H groups in total. The van der Waals surface area contributed by atoms with E-state index in [4.69, 9.17) is 5.11 Å². The lowest BCUT2D eigenvalue weighted by Crippen LogP contribution is -2.25. The fraction of sp³-hybridized carbons (Fsp3) is 0.500. The van der Waals surface area contributed by atoms with Gasteiger partial charge in [-0.2, -0.15) is 0 Å². The van der Waals surface area contributed by atoms with Crippen LogP contribution in [0, 0.1) is 0 Å². The summed E-state index contributed by atoms with van der Waals surface area (Å²) in [7, 11) is -3.49. The Labute approximate surface area is 103 Å². The SMILES string of the molecule is CCCCCNS(=O)(=O)c1ccccc1CO. The molecule has 0 unspecified atom stereocenters. The summed E-state index contributed by atoms with van der Waals surface area (Å²) in [5.74, 6) is 0. The van der Waals surface area contributed by atoms with Crippen LogP contribution in [0.25, 0.3) is 0 Å². The highest BCUT2D eigenvalue weighted by Gasteiger charge is 2.16. The van der Waals surface area contributed by atoms with E-state index in [1.54, 1.807) is 18.2 Å². The molecule has 4 nitrogen and oxygen atoms in total. The number of benzene rings is 1. The van der Waals surface area contributed by atoms with Crippen LogP contribution in [-0.4, -0.2) is 20.1 Å². The van der Waals surface area contributed by atoms with Crippen LogP contribution < -0.4 is 4.72 Å². The minimum absolute atomic E-state index is 0.166. The van der Waals surface area contributed by atoms with Gasteiger partial charge in [0.05, 0.1) is 11.5 Å². The third-order valence-corrected chi connectivity index (χ3v) is 4.07. The van der Waals surface area contributed by atoms with E-state index < -0.39 is 10.0 Å². The maximum Gasteiger partial charge on any atom is 0.240 e. The van der Waals surface area contributed by atoms with Crippen LogP contribution in [0.3, 0.4) is 0 Å². The molecule has 1 aromatic carbocycles. The summed E-state index contributed by atoms with van der Waals surface area (Å²) in [6.45, 7) is 2.23. The molecule has 0 spiro atoms. The fourth-order valence-corrected chi connectivity index (χ4v) is 2.86. The topological polar surface area (TPSA) is 66.4 Å². The Morgan fingerprint density at radius 1 is 1.24 bits per heavy atom. The third-order valence-electron chi connectivity index (χ3n) is 2.50. The van der Waals surface area contributed by atoms with Crippen LogP contribution in [0.1, 0.15) is 31.7 Å².